The zero-order valence-electron chi connectivity index (χ0n) is 10.5. The summed E-state index contributed by atoms with van der Waals surface area (Å²) in [5.74, 6) is -0.700. The Kier molecular flexibility index (Phi) is 4.46. The van der Waals surface area contributed by atoms with Crippen LogP contribution in [0, 0.1) is 5.82 Å². The summed E-state index contributed by atoms with van der Waals surface area (Å²) in [4.78, 5) is -0.287. The molecule has 0 aliphatic carbocycles. The van der Waals surface area contributed by atoms with Crippen molar-refractivity contribution in [2.75, 3.05) is 4.72 Å². The van der Waals surface area contributed by atoms with Gasteiger partial charge in [0.05, 0.1) is 16.1 Å². The van der Waals surface area contributed by atoms with Crippen molar-refractivity contribution in [2.24, 2.45) is 5.73 Å². The summed E-state index contributed by atoms with van der Waals surface area (Å²) in [5, 5.41) is 0.270. The summed E-state index contributed by atoms with van der Waals surface area (Å²) in [6.07, 6.45) is 0. The molecule has 0 amide bonds. The SMILES string of the molecule is NC(=S)c1c(F)cccc1NS(=O)(=O)c1cccc(Cl)c1. The molecule has 2 aromatic carbocycles. The van der Waals surface area contributed by atoms with Crippen LogP contribution in [0.5, 0.6) is 0 Å². The Hall–Kier alpha value is -1.70. The van der Waals surface area contributed by atoms with Crippen molar-refractivity contribution in [1.29, 1.82) is 0 Å². The third kappa shape index (κ3) is 3.49. The second-order valence-electron chi connectivity index (χ2n) is 4.09. The minimum Gasteiger partial charge on any atom is -0.389 e. The predicted octanol–water partition coefficient (Wildman–Crippen LogP) is 2.91. The van der Waals surface area contributed by atoms with Gasteiger partial charge in [0.25, 0.3) is 10.0 Å². The van der Waals surface area contributed by atoms with Crippen LogP contribution in [-0.2, 0) is 10.0 Å². The van der Waals surface area contributed by atoms with Gasteiger partial charge in [0.2, 0.25) is 0 Å². The van der Waals surface area contributed by atoms with E-state index in [0.717, 1.165) is 6.07 Å². The van der Waals surface area contributed by atoms with Gasteiger partial charge < -0.3 is 5.73 Å². The van der Waals surface area contributed by atoms with Crippen LogP contribution in [0.4, 0.5) is 10.1 Å². The zero-order chi connectivity index (χ0) is 15.6. The fraction of sp³-hybridized carbons (Fsp3) is 0. The molecule has 21 heavy (non-hydrogen) atoms. The first-order valence-corrected chi connectivity index (χ1v) is 7.95. The second kappa shape index (κ2) is 5.97. The zero-order valence-corrected chi connectivity index (χ0v) is 12.9. The molecule has 2 aromatic rings. The van der Waals surface area contributed by atoms with E-state index in [-0.39, 0.29) is 26.2 Å². The van der Waals surface area contributed by atoms with E-state index in [1.807, 2.05) is 0 Å². The molecule has 0 aliphatic rings. The highest BCUT2D eigenvalue weighted by Crippen LogP contribution is 2.23. The molecule has 8 heteroatoms. The van der Waals surface area contributed by atoms with Crippen LogP contribution in [0.2, 0.25) is 5.02 Å². The molecule has 4 nitrogen and oxygen atoms in total. The highest BCUT2D eigenvalue weighted by atomic mass is 35.5. The number of nitrogens with one attached hydrogen (secondary N) is 1. The van der Waals surface area contributed by atoms with Crippen molar-refractivity contribution in [3.05, 3.63) is 58.9 Å². The van der Waals surface area contributed by atoms with E-state index < -0.39 is 15.8 Å². The molecular weight excluding hydrogens is 335 g/mol. The van der Waals surface area contributed by atoms with E-state index in [4.69, 9.17) is 29.6 Å². The molecule has 0 unspecified atom stereocenters. The summed E-state index contributed by atoms with van der Waals surface area (Å²) in [6.45, 7) is 0. The minimum absolute atomic E-state index is 0.0255. The number of anilines is 1. The fourth-order valence-electron chi connectivity index (χ4n) is 1.70. The summed E-state index contributed by atoms with van der Waals surface area (Å²) in [5.41, 5.74) is 5.25. The molecule has 2 rings (SSSR count). The molecule has 0 saturated heterocycles. The smallest absolute Gasteiger partial charge is 0.261 e. The quantitative estimate of drug-likeness (QED) is 0.836. The van der Waals surface area contributed by atoms with E-state index in [1.54, 1.807) is 6.07 Å². The van der Waals surface area contributed by atoms with Gasteiger partial charge in [-0.25, -0.2) is 12.8 Å². The summed E-state index contributed by atoms with van der Waals surface area (Å²) in [6, 6.07) is 9.57. The van der Waals surface area contributed by atoms with E-state index in [9.17, 15) is 12.8 Å². The Bertz CT molecular complexity index is 810. The van der Waals surface area contributed by atoms with Crippen LogP contribution in [0.15, 0.2) is 47.4 Å². The van der Waals surface area contributed by atoms with Gasteiger partial charge in [-0.05, 0) is 30.3 Å². The van der Waals surface area contributed by atoms with Gasteiger partial charge in [0, 0.05) is 5.02 Å². The molecule has 110 valence electrons. The summed E-state index contributed by atoms with van der Waals surface area (Å²) in [7, 11) is -3.92. The van der Waals surface area contributed by atoms with Crippen LogP contribution in [-0.4, -0.2) is 13.4 Å². The van der Waals surface area contributed by atoms with Gasteiger partial charge in [0.15, 0.2) is 0 Å². The molecule has 0 atom stereocenters. The number of hydrogen-bond acceptors (Lipinski definition) is 3. The van der Waals surface area contributed by atoms with Gasteiger partial charge in [-0.2, -0.15) is 0 Å². The van der Waals surface area contributed by atoms with E-state index in [1.165, 1.54) is 30.3 Å². The molecule has 0 aliphatic heterocycles. The Morgan fingerprint density at radius 3 is 2.52 bits per heavy atom. The molecule has 0 heterocycles. The Labute approximate surface area is 131 Å². The topological polar surface area (TPSA) is 72.2 Å². The van der Waals surface area contributed by atoms with E-state index >= 15 is 0 Å². The number of thiocarbonyl (C=S) groups is 1. The van der Waals surface area contributed by atoms with Crippen LogP contribution >= 0.6 is 23.8 Å². The van der Waals surface area contributed by atoms with Gasteiger partial charge in [-0.15, -0.1) is 0 Å². The van der Waals surface area contributed by atoms with Crippen molar-refractivity contribution in [3.63, 3.8) is 0 Å². The van der Waals surface area contributed by atoms with Crippen LogP contribution < -0.4 is 10.5 Å². The van der Waals surface area contributed by atoms with E-state index in [0.29, 0.717) is 0 Å². The van der Waals surface area contributed by atoms with E-state index in [2.05, 4.69) is 4.72 Å². The number of sulfonamides is 1. The lowest BCUT2D eigenvalue weighted by Gasteiger charge is -2.12. The maximum Gasteiger partial charge on any atom is 0.261 e. The molecular formula is C13H10ClFN2O2S2. The minimum atomic E-state index is -3.92. The molecule has 0 saturated carbocycles. The second-order valence-corrected chi connectivity index (χ2v) is 6.65. The molecule has 0 spiro atoms. The molecule has 0 fully saturated rings. The van der Waals surface area contributed by atoms with Crippen molar-refractivity contribution in [3.8, 4) is 0 Å². The third-order valence-corrected chi connectivity index (χ3v) is 4.41. The van der Waals surface area contributed by atoms with Crippen LogP contribution in [0.3, 0.4) is 0 Å². The first kappa shape index (κ1) is 15.7. The van der Waals surface area contributed by atoms with Crippen molar-refractivity contribution >= 4 is 44.5 Å². The summed E-state index contributed by atoms with van der Waals surface area (Å²) < 4.78 is 40.5. The number of nitrogens with two attached hydrogens (primary N) is 1. The van der Waals surface area contributed by atoms with Crippen LogP contribution in [0.1, 0.15) is 5.56 Å². The highest BCUT2D eigenvalue weighted by Gasteiger charge is 2.19. The molecule has 0 radical (unpaired) electrons. The van der Waals surface area contributed by atoms with Crippen molar-refractivity contribution in [2.45, 2.75) is 4.90 Å². The monoisotopic (exact) mass is 344 g/mol. The maximum atomic E-state index is 13.7. The molecule has 3 N–H and O–H groups in total. The first-order valence-electron chi connectivity index (χ1n) is 5.68. The highest BCUT2D eigenvalue weighted by molar-refractivity contribution is 7.92. The van der Waals surface area contributed by atoms with Gasteiger partial charge in [-0.3, -0.25) is 4.72 Å². The summed E-state index contributed by atoms with van der Waals surface area (Å²) >= 11 is 10.5. The third-order valence-electron chi connectivity index (χ3n) is 2.61. The van der Waals surface area contributed by atoms with Gasteiger partial charge in [0.1, 0.15) is 10.8 Å². The average molecular weight is 345 g/mol. The standard InChI is InChI=1S/C13H10ClFN2O2S2/c14-8-3-1-4-9(7-8)21(18,19)17-11-6-2-5-10(15)12(11)13(16)20/h1-7,17H,(H2,16,20). The average Bonchev–Trinajstić information content (AvgIpc) is 2.37. The lowest BCUT2D eigenvalue weighted by molar-refractivity contribution is 0.601. The largest absolute Gasteiger partial charge is 0.389 e. The predicted molar refractivity (Wildman–Crippen MR) is 84.5 cm³/mol. The number of halogens is 2. The van der Waals surface area contributed by atoms with Crippen molar-refractivity contribution in [1.82, 2.24) is 0 Å². The first-order chi connectivity index (χ1) is 9.81. The van der Waals surface area contributed by atoms with Gasteiger partial charge >= 0.3 is 0 Å². The molecule has 0 bridgehead atoms. The lowest BCUT2D eigenvalue weighted by atomic mass is 10.2. The Balaban J connectivity index is 2.47. The van der Waals surface area contributed by atoms with Crippen molar-refractivity contribution < 1.29 is 12.8 Å². The number of rotatable bonds is 4. The number of benzene rings is 2. The van der Waals surface area contributed by atoms with Gasteiger partial charge in [-0.1, -0.05) is 36.0 Å². The Morgan fingerprint density at radius 1 is 1.24 bits per heavy atom. The molecule has 0 aromatic heterocycles. The van der Waals surface area contributed by atoms with Crippen LogP contribution in [0.25, 0.3) is 0 Å². The Morgan fingerprint density at radius 2 is 1.90 bits per heavy atom. The lowest BCUT2D eigenvalue weighted by Crippen LogP contribution is -2.19. The normalized spacial score (nSPS) is 11.1. The maximum absolute atomic E-state index is 13.7. The fourth-order valence-corrected chi connectivity index (χ4v) is 3.28. The number of hydrogen-bond donors (Lipinski definition) is 2.